The fourth-order valence-electron chi connectivity index (χ4n) is 4.97. The predicted molar refractivity (Wildman–Crippen MR) is 147 cm³/mol. The number of phenols is 1. The van der Waals surface area contributed by atoms with Crippen molar-refractivity contribution in [2.24, 2.45) is 5.92 Å². The lowest BCUT2D eigenvalue weighted by atomic mass is 9.79. The van der Waals surface area contributed by atoms with Gasteiger partial charge in [-0.3, -0.25) is 9.59 Å². The third kappa shape index (κ3) is 7.39. The zero-order valence-electron chi connectivity index (χ0n) is 22.9. The van der Waals surface area contributed by atoms with Crippen molar-refractivity contribution in [3.63, 3.8) is 0 Å². The number of esters is 2. The molecule has 4 unspecified atom stereocenters. The van der Waals surface area contributed by atoms with E-state index in [0.29, 0.717) is 17.9 Å². The molecule has 0 radical (unpaired) electrons. The highest BCUT2D eigenvalue weighted by Gasteiger charge is 2.26. The SMILES string of the molecule is CCC(CC(CC(C)C(=O)Oc1ccc2c(c1)CC(=O)O2)c1ccc(O)cc1)c1ccc(OC(C)OC)cc1. The number of phenolic OH excluding ortho intramolecular Hbond substituents is 1. The quantitative estimate of drug-likeness (QED) is 0.161. The Kier molecular flexibility index (Phi) is 9.25. The lowest BCUT2D eigenvalue weighted by Gasteiger charge is -2.26. The molecule has 3 aromatic rings. The minimum Gasteiger partial charge on any atom is -0.508 e. The summed E-state index contributed by atoms with van der Waals surface area (Å²) in [6.07, 6.45) is 2.18. The molecule has 0 fully saturated rings. The molecule has 0 aromatic heterocycles. The number of carbonyl (C=O) groups is 2. The van der Waals surface area contributed by atoms with Gasteiger partial charge in [0.1, 0.15) is 23.0 Å². The van der Waals surface area contributed by atoms with Crippen molar-refractivity contribution in [1.82, 2.24) is 0 Å². The Bertz CT molecular complexity index is 1270. The molecule has 39 heavy (non-hydrogen) atoms. The van der Waals surface area contributed by atoms with Crippen molar-refractivity contribution in [3.8, 4) is 23.0 Å². The van der Waals surface area contributed by atoms with E-state index in [1.807, 2.05) is 38.1 Å². The van der Waals surface area contributed by atoms with Crippen LogP contribution in [0.2, 0.25) is 0 Å². The number of ether oxygens (including phenoxy) is 4. The minimum atomic E-state index is -0.376. The predicted octanol–water partition coefficient (Wildman–Crippen LogP) is 6.52. The monoisotopic (exact) mass is 532 g/mol. The molecule has 4 atom stereocenters. The van der Waals surface area contributed by atoms with E-state index >= 15 is 0 Å². The van der Waals surface area contributed by atoms with Gasteiger partial charge in [0.25, 0.3) is 0 Å². The van der Waals surface area contributed by atoms with Crippen LogP contribution in [-0.2, 0) is 20.7 Å². The standard InChI is InChI=1S/C32H36O7/c1-5-22(23-8-12-28(13-9-23)37-21(3)36-4)17-25(24-6-10-27(33)11-7-24)16-20(2)32(35)38-29-14-15-30-26(18-29)19-31(34)39-30/h6-15,18,20-22,25,33H,5,16-17,19H2,1-4H3. The average Bonchev–Trinajstić information content (AvgIpc) is 3.31. The fourth-order valence-corrected chi connectivity index (χ4v) is 4.97. The Balaban J connectivity index is 1.47. The summed E-state index contributed by atoms with van der Waals surface area (Å²) in [6.45, 7) is 5.88. The maximum absolute atomic E-state index is 13.1. The number of fused-ring (bicyclic) bond motifs is 1. The normalized spacial score (nSPS) is 15.5. The first-order chi connectivity index (χ1) is 18.7. The van der Waals surface area contributed by atoms with Crippen molar-refractivity contribution in [3.05, 3.63) is 83.4 Å². The minimum absolute atomic E-state index is 0.0635. The molecule has 1 aliphatic heterocycles. The molecular weight excluding hydrogens is 496 g/mol. The van der Waals surface area contributed by atoms with Gasteiger partial charge in [0, 0.05) is 12.7 Å². The van der Waals surface area contributed by atoms with Gasteiger partial charge in [-0.1, -0.05) is 38.1 Å². The van der Waals surface area contributed by atoms with E-state index in [1.54, 1.807) is 37.4 Å². The molecule has 3 aromatic carbocycles. The highest BCUT2D eigenvalue weighted by atomic mass is 16.7. The highest BCUT2D eigenvalue weighted by Crippen LogP contribution is 2.38. The molecule has 1 N–H and O–H groups in total. The molecule has 0 aliphatic carbocycles. The number of hydrogen-bond donors (Lipinski definition) is 1. The Hall–Kier alpha value is -3.84. The van der Waals surface area contributed by atoms with Gasteiger partial charge in [0.05, 0.1) is 12.3 Å². The van der Waals surface area contributed by atoms with Gasteiger partial charge in [0.15, 0.2) is 6.29 Å². The molecule has 0 spiro atoms. The molecular formula is C32H36O7. The zero-order valence-corrected chi connectivity index (χ0v) is 22.9. The molecule has 206 valence electrons. The van der Waals surface area contributed by atoms with Gasteiger partial charge in [0.2, 0.25) is 0 Å². The van der Waals surface area contributed by atoms with Crippen molar-refractivity contribution < 1.29 is 33.6 Å². The Labute approximate surface area is 229 Å². The fraction of sp³-hybridized carbons (Fsp3) is 0.375. The van der Waals surface area contributed by atoms with Gasteiger partial charge >= 0.3 is 11.9 Å². The molecule has 0 bridgehead atoms. The molecule has 7 heteroatoms. The third-order valence-electron chi connectivity index (χ3n) is 7.26. The summed E-state index contributed by atoms with van der Waals surface area (Å²) in [5, 5.41) is 9.84. The van der Waals surface area contributed by atoms with Gasteiger partial charge in [-0.25, -0.2) is 0 Å². The third-order valence-corrected chi connectivity index (χ3v) is 7.26. The van der Waals surface area contributed by atoms with Gasteiger partial charge in [-0.2, -0.15) is 0 Å². The van der Waals surface area contributed by atoms with Crippen molar-refractivity contribution in [2.75, 3.05) is 7.11 Å². The largest absolute Gasteiger partial charge is 0.508 e. The van der Waals surface area contributed by atoms with Gasteiger partial charge in [-0.05, 0) is 91.6 Å². The second-order valence-corrected chi connectivity index (χ2v) is 10.1. The number of aromatic hydroxyl groups is 1. The number of benzene rings is 3. The van der Waals surface area contributed by atoms with Crippen LogP contribution in [0.1, 0.15) is 68.6 Å². The zero-order chi connectivity index (χ0) is 27.9. The van der Waals surface area contributed by atoms with Gasteiger partial charge in [-0.15, -0.1) is 0 Å². The van der Waals surface area contributed by atoms with Crippen LogP contribution in [0.5, 0.6) is 23.0 Å². The van der Waals surface area contributed by atoms with E-state index < -0.39 is 0 Å². The highest BCUT2D eigenvalue weighted by molar-refractivity contribution is 5.81. The first-order valence-corrected chi connectivity index (χ1v) is 13.4. The van der Waals surface area contributed by atoms with Crippen LogP contribution in [0.3, 0.4) is 0 Å². The van der Waals surface area contributed by atoms with Crippen LogP contribution in [0.25, 0.3) is 0 Å². The molecule has 0 saturated carbocycles. The van der Waals surface area contributed by atoms with Crippen LogP contribution in [-0.4, -0.2) is 30.4 Å². The molecule has 1 aliphatic rings. The van der Waals surface area contributed by atoms with Crippen molar-refractivity contribution in [1.29, 1.82) is 0 Å². The van der Waals surface area contributed by atoms with Gasteiger partial charge < -0.3 is 24.1 Å². The smallest absolute Gasteiger partial charge is 0.315 e. The second-order valence-electron chi connectivity index (χ2n) is 10.1. The summed E-state index contributed by atoms with van der Waals surface area (Å²) in [4.78, 5) is 24.6. The Morgan fingerprint density at radius 3 is 2.23 bits per heavy atom. The summed E-state index contributed by atoms with van der Waals surface area (Å²) in [7, 11) is 1.61. The summed E-state index contributed by atoms with van der Waals surface area (Å²) < 4.78 is 21.7. The van der Waals surface area contributed by atoms with E-state index in [0.717, 1.165) is 29.7 Å². The molecule has 7 nitrogen and oxygen atoms in total. The second kappa shape index (κ2) is 12.8. The van der Waals surface area contributed by atoms with E-state index in [1.165, 1.54) is 5.56 Å². The summed E-state index contributed by atoms with van der Waals surface area (Å²) >= 11 is 0. The molecule has 1 heterocycles. The summed E-state index contributed by atoms with van der Waals surface area (Å²) in [6, 6.07) is 20.3. The van der Waals surface area contributed by atoms with Crippen molar-refractivity contribution in [2.45, 2.75) is 64.6 Å². The molecule has 0 amide bonds. The van der Waals surface area contributed by atoms with Crippen LogP contribution in [0, 0.1) is 5.92 Å². The van der Waals surface area contributed by atoms with Crippen LogP contribution >= 0.6 is 0 Å². The van der Waals surface area contributed by atoms with E-state index in [4.69, 9.17) is 18.9 Å². The number of rotatable bonds is 12. The molecule has 4 rings (SSSR count). The number of hydrogen-bond acceptors (Lipinski definition) is 7. The van der Waals surface area contributed by atoms with Crippen LogP contribution in [0.4, 0.5) is 0 Å². The average molecular weight is 533 g/mol. The number of carbonyl (C=O) groups excluding carboxylic acids is 2. The summed E-state index contributed by atoms with van der Waals surface area (Å²) in [5.41, 5.74) is 2.98. The first-order valence-electron chi connectivity index (χ1n) is 13.4. The Morgan fingerprint density at radius 1 is 0.923 bits per heavy atom. The number of methoxy groups -OCH3 is 1. The van der Waals surface area contributed by atoms with E-state index in [-0.39, 0.29) is 48.2 Å². The lowest BCUT2D eigenvalue weighted by Crippen LogP contribution is -2.21. The maximum Gasteiger partial charge on any atom is 0.315 e. The first kappa shape index (κ1) is 28.2. The van der Waals surface area contributed by atoms with E-state index in [9.17, 15) is 14.7 Å². The van der Waals surface area contributed by atoms with Crippen LogP contribution < -0.4 is 14.2 Å². The summed E-state index contributed by atoms with van der Waals surface area (Å²) in [5.74, 6) is 1.18. The lowest BCUT2D eigenvalue weighted by molar-refractivity contribution is -0.138. The van der Waals surface area contributed by atoms with Crippen molar-refractivity contribution >= 4 is 11.9 Å². The van der Waals surface area contributed by atoms with Crippen LogP contribution in [0.15, 0.2) is 66.7 Å². The van der Waals surface area contributed by atoms with E-state index in [2.05, 4.69) is 19.1 Å². The topological polar surface area (TPSA) is 91.3 Å². The molecule has 0 saturated heterocycles. The maximum atomic E-state index is 13.1. The Morgan fingerprint density at radius 2 is 1.56 bits per heavy atom.